The van der Waals surface area contributed by atoms with Gasteiger partial charge in [-0.3, -0.25) is 0 Å². The van der Waals surface area contributed by atoms with E-state index in [0.717, 1.165) is 5.56 Å². The van der Waals surface area contributed by atoms with Gasteiger partial charge in [0, 0.05) is 13.1 Å². The molecule has 1 aromatic rings. The average molecular weight is 294 g/mol. The number of urea groups is 1. The Hall–Kier alpha value is -2.08. The first-order valence-corrected chi connectivity index (χ1v) is 6.88. The second kappa shape index (κ2) is 8.26. The summed E-state index contributed by atoms with van der Waals surface area (Å²) in [5.41, 5.74) is 0.914. The van der Waals surface area contributed by atoms with Gasteiger partial charge in [0.15, 0.2) is 0 Å². The average Bonchev–Trinajstić information content (AvgIpc) is 2.44. The van der Waals surface area contributed by atoms with Gasteiger partial charge < -0.3 is 20.4 Å². The quantitative estimate of drug-likeness (QED) is 0.707. The van der Waals surface area contributed by atoms with Crippen molar-refractivity contribution < 1.29 is 19.8 Å². The number of aliphatic hydroxyl groups excluding tert-OH is 1. The van der Waals surface area contributed by atoms with E-state index in [0.29, 0.717) is 6.54 Å². The maximum atomic E-state index is 12.2. The molecule has 1 atom stereocenters. The predicted octanol–water partition coefficient (Wildman–Crippen LogP) is 1.30. The van der Waals surface area contributed by atoms with Gasteiger partial charge in [0.1, 0.15) is 6.04 Å². The number of amides is 2. The molecule has 21 heavy (non-hydrogen) atoms. The van der Waals surface area contributed by atoms with Crippen LogP contribution in [0.3, 0.4) is 0 Å². The maximum Gasteiger partial charge on any atom is 0.326 e. The van der Waals surface area contributed by atoms with Crippen molar-refractivity contribution in [1.29, 1.82) is 0 Å². The van der Waals surface area contributed by atoms with Crippen molar-refractivity contribution in [1.82, 2.24) is 10.2 Å². The van der Waals surface area contributed by atoms with Crippen molar-refractivity contribution in [2.75, 3.05) is 13.2 Å². The fraction of sp³-hybridized carbons (Fsp3) is 0.467. The summed E-state index contributed by atoms with van der Waals surface area (Å²) in [5, 5.41) is 20.7. The highest BCUT2D eigenvalue weighted by atomic mass is 16.4. The highest BCUT2D eigenvalue weighted by molar-refractivity contribution is 5.82. The zero-order valence-corrected chi connectivity index (χ0v) is 12.3. The molecule has 0 aromatic heterocycles. The number of carbonyl (C=O) groups excluding carboxylic acids is 1. The Kier molecular flexibility index (Phi) is 6.68. The standard InChI is InChI=1S/C15H22N2O4/c1-11(2)13(14(19)20)16-15(21)17(8-9-18)10-12-6-4-3-5-7-12/h3-7,11,13,18H,8-10H2,1-2H3,(H,16,21)(H,19,20)/t13-/m0/s1. The third-order valence-corrected chi connectivity index (χ3v) is 3.09. The smallest absolute Gasteiger partial charge is 0.326 e. The molecule has 6 nitrogen and oxygen atoms in total. The second-order valence-corrected chi connectivity index (χ2v) is 5.14. The maximum absolute atomic E-state index is 12.2. The Bertz CT molecular complexity index is 462. The molecule has 0 aliphatic carbocycles. The van der Waals surface area contributed by atoms with Crippen molar-refractivity contribution in [2.24, 2.45) is 5.92 Å². The van der Waals surface area contributed by atoms with E-state index < -0.39 is 18.0 Å². The number of nitrogens with zero attached hydrogens (tertiary/aromatic N) is 1. The first-order chi connectivity index (χ1) is 9.95. The molecular formula is C15H22N2O4. The number of carboxylic acids is 1. The number of carboxylic acid groups (broad SMARTS) is 1. The van der Waals surface area contributed by atoms with E-state index in [2.05, 4.69) is 5.32 Å². The third kappa shape index (κ3) is 5.43. The van der Waals surface area contributed by atoms with E-state index in [1.54, 1.807) is 13.8 Å². The highest BCUT2D eigenvalue weighted by Gasteiger charge is 2.25. The molecule has 0 saturated heterocycles. The van der Waals surface area contributed by atoms with Gasteiger partial charge >= 0.3 is 12.0 Å². The van der Waals surface area contributed by atoms with Crippen LogP contribution in [0.2, 0.25) is 0 Å². The number of carbonyl (C=O) groups is 2. The van der Waals surface area contributed by atoms with Crippen molar-refractivity contribution in [3.8, 4) is 0 Å². The molecule has 0 radical (unpaired) electrons. The number of nitrogens with one attached hydrogen (secondary N) is 1. The van der Waals surface area contributed by atoms with Crippen LogP contribution in [-0.4, -0.2) is 46.3 Å². The molecular weight excluding hydrogens is 272 g/mol. The summed E-state index contributed by atoms with van der Waals surface area (Å²) < 4.78 is 0. The molecule has 1 rings (SSSR count). The molecule has 0 spiro atoms. The van der Waals surface area contributed by atoms with Crippen LogP contribution in [0.5, 0.6) is 0 Å². The Labute approximate surface area is 124 Å². The lowest BCUT2D eigenvalue weighted by Gasteiger charge is -2.26. The number of rotatable bonds is 7. The summed E-state index contributed by atoms with van der Waals surface area (Å²) >= 11 is 0. The summed E-state index contributed by atoms with van der Waals surface area (Å²) in [6, 6.07) is 7.89. The third-order valence-electron chi connectivity index (χ3n) is 3.09. The molecule has 0 bridgehead atoms. The van der Waals surface area contributed by atoms with E-state index in [1.807, 2.05) is 30.3 Å². The zero-order valence-electron chi connectivity index (χ0n) is 12.3. The first-order valence-electron chi connectivity index (χ1n) is 6.88. The molecule has 0 saturated carbocycles. The highest BCUT2D eigenvalue weighted by Crippen LogP contribution is 2.07. The summed E-state index contributed by atoms with van der Waals surface area (Å²) in [6.45, 7) is 3.74. The molecule has 0 heterocycles. The van der Waals surface area contributed by atoms with E-state index >= 15 is 0 Å². The van der Waals surface area contributed by atoms with Crippen LogP contribution in [0.15, 0.2) is 30.3 Å². The fourth-order valence-corrected chi connectivity index (χ4v) is 1.91. The lowest BCUT2D eigenvalue weighted by atomic mass is 10.1. The number of benzene rings is 1. The Balaban J connectivity index is 2.75. The molecule has 0 unspecified atom stereocenters. The largest absolute Gasteiger partial charge is 0.480 e. The van der Waals surface area contributed by atoms with Gasteiger partial charge in [0.2, 0.25) is 0 Å². The van der Waals surface area contributed by atoms with E-state index in [4.69, 9.17) is 10.2 Å². The number of hydrogen-bond donors (Lipinski definition) is 3. The van der Waals surface area contributed by atoms with Crippen molar-refractivity contribution in [2.45, 2.75) is 26.4 Å². The van der Waals surface area contributed by atoms with E-state index in [1.165, 1.54) is 4.90 Å². The normalized spacial score (nSPS) is 12.0. The lowest BCUT2D eigenvalue weighted by molar-refractivity contribution is -0.140. The van der Waals surface area contributed by atoms with Gasteiger partial charge in [-0.25, -0.2) is 9.59 Å². The topological polar surface area (TPSA) is 89.9 Å². The number of aliphatic hydroxyl groups is 1. The summed E-state index contributed by atoms with van der Waals surface area (Å²) in [4.78, 5) is 24.7. The fourth-order valence-electron chi connectivity index (χ4n) is 1.91. The molecule has 2 amide bonds. The molecule has 0 fully saturated rings. The van der Waals surface area contributed by atoms with Crippen LogP contribution in [0.25, 0.3) is 0 Å². The molecule has 6 heteroatoms. The van der Waals surface area contributed by atoms with Gasteiger partial charge in [0.25, 0.3) is 0 Å². The van der Waals surface area contributed by atoms with Crippen LogP contribution < -0.4 is 5.32 Å². The van der Waals surface area contributed by atoms with Crippen molar-refractivity contribution in [3.05, 3.63) is 35.9 Å². The van der Waals surface area contributed by atoms with Crippen LogP contribution in [0.4, 0.5) is 4.79 Å². The zero-order chi connectivity index (χ0) is 15.8. The summed E-state index contributed by atoms with van der Waals surface area (Å²) in [6.07, 6.45) is 0. The minimum Gasteiger partial charge on any atom is -0.480 e. The van der Waals surface area contributed by atoms with E-state index in [-0.39, 0.29) is 19.1 Å². The van der Waals surface area contributed by atoms with Gasteiger partial charge in [0.05, 0.1) is 6.61 Å². The van der Waals surface area contributed by atoms with Crippen molar-refractivity contribution in [3.63, 3.8) is 0 Å². The van der Waals surface area contributed by atoms with E-state index in [9.17, 15) is 9.59 Å². The number of hydrogen-bond acceptors (Lipinski definition) is 3. The Morgan fingerprint density at radius 1 is 1.24 bits per heavy atom. The van der Waals surface area contributed by atoms with Gasteiger partial charge in [-0.05, 0) is 11.5 Å². The molecule has 3 N–H and O–H groups in total. The molecule has 1 aromatic carbocycles. The summed E-state index contributed by atoms with van der Waals surface area (Å²) in [7, 11) is 0. The molecule has 116 valence electrons. The van der Waals surface area contributed by atoms with Crippen LogP contribution in [0, 0.1) is 5.92 Å². The molecule has 0 aliphatic rings. The first kappa shape index (κ1) is 17.0. The van der Waals surface area contributed by atoms with Crippen LogP contribution >= 0.6 is 0 Å². The van der Waals surface area contributed by atoms with Crippen LogP contribution in [0.1, 0.15) is 19.4 Å². The van der Waals surface area contributed by atoms with Gasteiger partial charge in [-0.15, -0.1) is 0 Å². The van der Waals surface area contributed by atoms with Crippen LogP contribution in [-0.2, 0) is 11.3 Å². The minimum absolute atomic E-state index is 0.144. The number of aliphatic carboxylic acids is 1. The van der Waals surface area contributed by atoms with Gasteiger partial charge in [-0.2, -0.15) is 0 Å². The second-order valence-electron chi connectivity index (χ2n) is 5.14. The lowest BCUT2D eigenvalue weighted by Crippen LogP contribution is -2.50. The predicted molar refractivity (Wildman–Crippen MR) is 78.7 cm³/mol. The van der Waals surface area contributed by atoms with Crippen molar-refractivity contribution >= 4 is 12.0 Å². The molecule has 0 aliphatic heterocycles. The Morgan fingerprint density at radius 3 is 2.33 bits per heavy atom. The monoisotopic (exact) mass is 294 g/mol. The SMILES string of the molecule is CC(C)[C@H](NC(=O)N(CCO)Cc1ccccc1)C(=O)O. The Morgan fingerprint density at radius 2 is 1.86 bits per heavy atom. The minimum atomic E-state index is -1.07. The summed E-state index contributed by atoms with van der Waals surface area (Å²) in [5.74, 6) is -1.29. The van der Waals surface area contributed by atoms with Gasteiger partial charge in [-0.1, -0.05) is 44.2 Å².